The number of benzene rings is 1. The highest BCUT2D eigenvalue weighted by Crippen LogP contribution is 2.22. The van der Waals surface area contributed by atoms with Crippen LogP contribution in [0.3, 0.4) is 0 Å². The molecule has 0 saturated heterocycles. The number of carbonyl (C=O) groups excluding carboxylic acids is 1. The fraction of sp³-hybridized carbons (Fsp3) is 0.0714. The molecule has 1 aromatic carbocycles. The minimum absolute atomic E-state index is 0.0221. The van der Waals surface area contributed by atoms with Crippen LogP contribution < -0.4 is 0 Å². The topological polar surface area (TPSA) is 52.1 Å². The summed E-state index contributed by atoms with van der Waals surface area (Å²) in [6.45, 7) is 0. The first kappa shape index (κ1) is 14.7. The second-order valence-corrected chi connectivity index (χ2v) is 3.86. The zero-order valence-electron chi connectivity index (χ0n) is 10.6. The highest BCUT2D eigenvalue weighted by atomic mass is 19.2. The Balaban J connectivity index is 0.000000225. The molecular weight excluding hydrogens is 285 g/mol. The van der Waals surface area contributed by atoms with Gasteiger partial charge in [0, 0.05) is 12.4 Å². The zero-order chi connectivity index (χ0) is 15.2. The minimum Gasteiger partial charge on any atom is -0.435 e. The molecule has 4 nitrogen and oxygen atoms in total. The lowest BCUT2D eigenvalue weighted by Gasteiger charge is -2.02. The molecule has 0 radical (unpaired) electrons. The number of halogens is 3. The van der Waals surface area contributed by atoms with Crippen molar-refractivity contribution in [3.05, 3.63) is 60.4 Å². The van der Waals surface area contributed by atoms with Crippen molar-refractivity contribution in [2.75, 3.05) is 0 Å². The third-order valence-electron chi connectivity index (χ3n) is 2.42. The normalized spacial score (nSPS) is 12.6. The smallest absolute Gasteiger partial charge is 0.314 e. The number of rotatable bonds is 1. The Labute approximate surface area is 117 Å². The van der Waals surface area contributed by atoms with Crippen molar-refractivity contribution in [1.29, 1.82) is 0 Å². The van der Waals surface area contributed by atoms with Crippen molar-refractivity contribution in [2.45, 2.75) is 6.42 Å². The van der Waals surface area contributed by atoms with E-state index in [1.54, 1.807) is 12.1 Å². The Bertz CT molecular complexity index is 665. The van der Waals surface area contributed by atoms with Crippen molar-refractivity contribution < 1.29 is 22.7 Å². The molecule has 0 bridgehead atoms. The van der Waals surface area contributed by atoms with Crippen molar-refractivity contribution in [2.24, 2.45) is 0 Å². The Morgan fingerprint density at radius 1 is 1.05 bits per heavy atom. The van der Waals surface area contributed by atoms with Crippen molar-refractivity contribution in [3.8, 4) is 11.4 Å². The van der Waals surface area contributed by atoms with Crippen molar-refractivity contribution in [1.82, 2.24) is 9.97 Å². The highest BCUT2D eigenvalue weighted by Gasteiger charge is 2.15. The van der Waals surface area contributed by atoms with Crippen LogP contribution in [0.15, 0.2) is 42.9 Å². The van der Waals surface area contributed by atoms with Crippen LogP contribution in [0.5, 0.6) is 0 Å². The second kappa shape index (κ2) is 6.65. The molecule has 3 rings (SSSR count). The first-order valence-electron chi connectivity index (χ1n) is 5.85. The summed E-state index contributed by atoms with van der Waals surface area (Å²) in [4.78, 5) is 17.4. The summed E-state index contributed by atoms with van der Waals surface area (Å²) in [6, 6.07) is 3.48. The maximum Gasteiger partial charge on any atom is 0.314 e. The molecule has 0 aliphatic carbocycles. The largest absolute Gasteiger partial charge is 0.435 e. The van der Waals surface area contributed by atoms with Gasteiger partial charge < -0.3 is 4.74 Å². The van der Waals surface area contributed by atoms with Crippen molar-refractivity contribution >= 4 is 5.97 Å². The molecule has 2 heterocycles. The first-order chi connectivity index (χ1) is 10.1. The quantitative estimate of drug-likeness (QED) is 0.599. The van der Waals surface area contributed by atoms with Gasteiger partial charge in [-0.15, -0.1) is 0 Å². The lowest BCUT2D eigenvalue weighted by molar-refractivity contribution is -0.135. The van der Waals surface area contributed by atoms with Gasteiger partial charge in [-0.25, -0.2) is 23.1 Å². The average molecular weight is 294 g/mol. The molecule has 0 N–H and O–H groups in total. The van der Waals surface area contributed by atoms with Gasteiger partial charge in [0.25, 0.3) is 0 Å². The molecule has 2 aromatic rings. The Morgan fingerprint density at radius 3 is 2.29 bits per heavy atom. The zero-order valence-corrected chi connectivity index (χ0v) is 10.6. The van der Waals surface area contributed by atoms with E-state index in [1.807, 2.05) is 0 Å². The van der Waals surface area contributed by atoms with Crippen LogP contribution in [0.25, 0.3) is 11.4 Å². The Kier molecular flexibility index (Phi) is 4.65. The summed E-state index contributed by atoms with van der Waals surface area (Å²) in [6.07, 6.45) is 6.32. The third kappa shape index (κ3) is 3.65. The summed E-state index contributed by atoms with van der Waals surface area (Å²) in [7, 11) is 0. The Hall–Kier alpha value is -2.70. The van der Waals surface area contributed by atoms with E-state index in [0.717, 1.165) is 12.1 Å². The van der Waals surface area contributed by atoms with E-state index in [-0.39, 0.29) is 17.4 Å². The maximum absolute atomic E-state index is 13.3. The van der Waals surface area contributed by atoms with Gasteiger partial charge in [-0.2, -0.15) is 0 Å². The van der Waals surface area contributed by atoms with Crippen LogP contribution in [0.4, 0.5) is 13.2 Å². The molecule has 0 amide bonds. The molecule has 7 heteroatoms. The first-order valence-corrected chi connectivity index (χ1v) is 5.85. The number of carbonyl (C=O) groups is 1. The van der Waals surface area contributed by atoms with E-state index in [9.17, 15) is 18.0 Å². The standard InChI is InChI=1S/C10H5F3N2.C4H4O2/c11-7-3-2-6(8(12)9(7)13)10-14-4-1-5-15-10;5-4-2-1-3-6-4/h1-5H;1,3H,2H2. The second-order valence-electron chi connectivity index (χ2n) is 3.86. The molecule has 0 fully saturated rings. The van der Waals surface area contributed by atoms with Gasteiger partial charge in [0.2, 0.25) is 0 Å². The number of aromatic nitrogens is 2. The summed E-state index contributed by atoms with van der Waals surface area (Å²) in [5.74, 6) is -4.16. The van der Waals surface area contributed by atoms with Crippen LogP contribution in [0.1, 0.15) is 6.42 Å². The fourth-order valence-corrected chi connectivity index (χ4v) is 1.45. The molecule has 0 atom stereocenters. The predicted octanol–water partition coefficient (Wildman–Crippen LogP) is 3.01. The summed E-state index contributed by atoms with van der Waals surface area (Å²) in [5, 5.41) is 0. The molecule has 0 unspecified atom stereocenters. The van der Waals surface area contributed by atoms with Crippen LogP contribution >= 0.6 is 0 Å². The number of ether oxygens (including phenoxy) is 1. The van der Waals surface area contributed by atoms with E-state index in [4.69, 9.17) is 0 Å². The van der Waals surface area contributed by atoms with Crippen LogP contribution in [0.2, 0.25) is 0 Å². The van der Waals surface area contributed by atoms with Gasteiger partial charge >= 0.3 is 5.97 Å². The number of hydrogen-bond donors (Lipinski definition) is 0. The summed E-state index contributed by atoms with van der Waals surface area (Å²) >= 11 is 0. The molecule has 0 saturated carbocycles. The van der Waals surface area contributed by atoms with Gasteiger partial charge in [-0.05, 0) is 24.3 Å². The molecule has 1 aliphatic rings. The molecular formula is C14H9F3N2O2. The molecule has 1 aromatic heterocycles. The van der Waals surface area contributed by atoms with Crippen LogP contribution in [-0.2, 0) is 9.53 Å². The molecule has 1 aliphatic heterocycles. The average Bonchev–Trinajstić information content (AvgIpc) is 2.98. The Morgan fingerprint density at radius 2 is 1.76 bits per heavy atom. The number of hydrogen-bond acceptors (Lipinski definition) is 4. The number of cyclic esters (lactones) is 1. The maximum atomic E-state index is 13.3. The van der Waals surface area contributed by atoms with E-state index in [0.29, 0.717) is 6.42 Å². The third-order valence-corrected chi connectivity index (χ3v) is 2.42. The fourth-order valence-electron chi connectivity index (χ4n) is 1.45. The van der Waals surface area contributed by atoms with E-state index in [2.05, 4.69) is 14.7 Å². The molecule has 0 spiro atoms. The minimum atomic E-state index is -1.51. The molecule has 21 heavy (non-hydrogen) atoms. The lowest BCUT2D eigenvalue weighted by Crippen LogP contribution is -1.96. The van der Waals surface area contributed by atoms with Gasteiger partial charge in [0.05, 0.1) is 18.2 Å². The predicted molar refractivity (Wildman–Crippen MR) is 67.2 cm³/mol. The van der Waals surface area contributed by atoms with Gasteiger partial charge in [-0.1, -0.05) is 0 Å². The lowest BCUT2D eigenvalue weighted by atomic mass is 10.2. The number of nitrogens with zero attached hydrogens (tertiary/aromatic N) is 2. The van der Waals surface area contributed by atoms with Gasteiger partial charge in [-0.3, -0.25) is 4.79 Å². The van der Waals surface area contributed by atoms with Crippen LogP contribution in [-0.4, -0.2) is 15.9 Å². The van der Waals surface area contributed by atoms with E-state index < -0.39 is 17.5 Å². The van der Waals surface area contributed by atoms with Crippen LogP contribution in [0, 0.1) is 17.5 Å². The summed E-state index contributed by atoms with van der Waals surface area (Å²) in [5.41, 5.74) is -0.158. The van der Waals surface area contributed by atoms with E-state index >= 15 is 0 Å². The van der Waals surface area contributed by atoms with Gasteiger partial charge in [0.15, 0.2) is 23.3 Å². The highest BCUT2D eigenvalue weighted by molar-refractivity contribution is 5.73. The van der Waals surface area contributed by atoms with E-state index in [1.165, 1.54) is 18.7 Å². The number of esters is 1. The summed E-state index contributed by atoms with van der Waals surface area (Å²) < 4.78 is 43.1. The SMILES string of the molecule is Fc1ccc(-c2ncccn2)c(F)c1F.O=C1CC=CO1. The molecule has 108 valence electrons. The monoisotopic (exact) mass is 294 g/mol. The van der Waals surface area contributed by atoms with Crippen molar-refractivity contribution in [3.63, 3.8) is 0 Å². The van der Waals surface area contributed by atoms with Gasteiger partial charge in [0.1, 0.15) is 0 Å².